The van der Waals surface area contributed by atoms with E-state index in [2.05, 4.69) is 10.2 Å². The van der Waals surface area contributed by atoms with E-state index in [4.69, 9.17) is 0 Å². The number of anilines is 1. The van der Waals surface area contributed by atoms with E-state index < -0.39 is 9.84 Å². The molecule has 1 saturated heterocycles. The quantitative estimate of drug-likeness (QED) is 0.754. The number of carbonyl (C=O) groups is 2. The van der Waals surface area contributed by atoms with Gasteiger partial charge in [0, 0.05) is 17.9 Å². The van der Waals surface area contributed by atoms with Crippen LogP contribution in [0.1, 0.15) is 56.4 Å². The number of piperidine rings is 1. The van der Waals surface area contributed by atoms with Crippen LogP contribution in [-0.2, 0) is 19.4 Å². The highest BCUT2D eigenvalue weighted by molar-refractivity contribution is 7.90. The second-order valence-electron chi connectivity index (χ2n) is 10.2. The first-order valence-corrected chi connectivity index (χ1v) is 13.6. The molecule has 5 rings (SSSR count). The fourth-order valence-corrected chi connectivity index (χ4v) is 7.23. The SMILES string of the molecule is CS(=O)(=O)c1ccc2c(c1)NC(=O)C2C1CCN(CC(=O)C2CC3CCCC3C2)CC1. The van der Waals surface area contributed by atoms with Gasteiger partial charge < -0.3 is 5.32 Å². The van der Waals surface area contributed by atoms with Crippen molar-refractivity contribution in [2.75, 3.05) is 31.2 Å². The van der Waals surface area contributed by atoms with Gasteiger partial charge in [-0.15, -0.1) is 0 Å². The topological polar surface area (TPSA) is 83.6 Å². The third kappa shape index (κ3) is 4.07. The highest BCUT2D eigenvalue weighted by atomic mass is 32.2. The minimum Gasteiger partial charge on any atom is -0.325 e. The maximum atomic E-state index is 12.9. The predicted octanol–water partition coefficient (Wildman–Crippen LogP) is 3.23. The summed E-state index contributed by atoms with van der Waals surface area (Å²) in [6, 6.07) is 4.97. The second kappa shape index (κ2) is 8.00. The number of sulfone groups is 1. The molecule has 2 aliphatic heterocycles. The highest BCUT2D eigenvalue weighted by Crippen LogP contribution is 2.47. The Morgan fingerprint density at radius 3 is 2.39 bits per heavy atom. The molecule has 1 aromatic carbocycles. The molecular formula is C24H32N2O4S. The van der Waals surface area contributed by atoms with Crippen molar-refractivity contribution in [3.8, 4) is 0 Å². The average molecular weight is 445 g/mol. The predicted molar refractivity (Wildman–Crippen MR) is 119 cm³/mol. The van der Waals surface area contributed by atoms with Crippen LogP contribution in [0.15, 0.2) is 23.1 Å². The van der Waals surface area contributed by atoms with Crippen LogP contribution in [0.5, 0.6) is 0 Å². The minimum atomic E-state index is -3.31. The molecule has 2 heterocycles. The molecule has 0 spiro atoms. The van der Waals surface area contributed by atoms with Gasteiger partial charge in [-0.2, -0.15) is 0 Å². The zero-order chi connectivity index (χ0) is 21.8. The molecule has 3 unspecified atom stereocenters. The number of nitrogens with one attached hydrogen (secondary N) is 1. The van der Waals surface area contributed by atoms with Crippen LogP contribution in [-0.4, -0.2) is 50.9 Å². The third-order valence-electron chi connectivity index (χ3n) is 8.26. The summed E-state index contributed by atoms with van der Waals surface area (Å²) in [6.07, 6.45) is 9.13. The Hall–Kier alpha value is -1.73. The third-order valence-corrected chi connectivity index (χ3v) is 9.37. The maximum absolute atomic E-state index is 12.9. The van der Waals surface area contributed by atoms with Gasteiger partial charge in [0.05, 0.1) is 17.4 Å². The van der Waals surface area contributed by atoms with Crippen molar-refractivity contribution < 1.29 is 18.0 Å². The largest absolute Gasteiger partial charge is 0.325 e. The molecule has 0 bridgehead atoms. The molecular weight excluding hydrogens is 412 g/mol. The average Bonchev–Trinajstić information content (AvgIpc) is 3.40. The van der Waals surface area contributed by atoms with Crippen LogP contribution in [0.25, 0.3) is 0 Å². The summed E-state index contributed by atoms with van der Waals surface area (Å²) >= 11 is 0. The Bertz CT molecular complexity index is 985. The highest BCUT2D eigenvalue weighted by Gasteiger charge is 2.41. The molecule has 6 nitrogen and oxygen atoms in total. The van der Waals surface area contributed by atoms with Gasteiger partial charge in [-0.3, -0.25) is 14.5 Å². The van der Waals surface area contributed by atoms with E-state index in [1.807, 2.05) is 0 Å². The lowest BCUT2D eigenvalue weighted by molar-refractivity contribution is -0.125. The number of amides is 1. The summed E-state index contributed by atoms with van der Waals surface area (Å²) in [5.41, 5.74) is 1.53. The molecule has 2 saturated carbocycles. The molecule has 1 amide bonds. The zero-order valence-electron chi connectivity index (χ0n) is 18.2. The van der Waals surface area contributed by atoms with Gasteiger partial charge in [0.15, 0.2) is 9.84 Å². The van der Waals surface area contributed by atoms with Gasteiger partial charge in [-0.05, 0) is 74.2 Å². The smallest absolute Gasteiger partial charge is 0.232 e. The molecule has 1 N–H and O–H groups in total. The molecule has 3 atom stereocenters. The van der Waals surface area contributed by atoms with Crippen molar-refractivity contribution in [3.05, 3.63) is 23.8 Å². The number of hydrogen-bond acceptors (Lipinski definition) is 5. The zero-order valence-corrected chi connectivity index (χ0v) is 19.0. The molecule has 2 aliphatic carbocycles. The fraction of sp³-hybridized carbons (Fsp3) is 0.667. The summed E-state index contributed by atoms with van der Waals surface area (Å²) in [6.45, 7) is 2.25. The van der Waals surface area contributed by atoms with Crippen molar-refractivity contribution >= 4 is 27.2 Å². The van der Waals surface area contributed by atoms with E-state index in [9.17, 15) is 18.0 Å². The molecule has 7 heteroatoms. The van der Waals surface area contributed by atoms with Crippen molar-refractivity contribution in [3.63, 3.8) is 0 Å². The summed E-state index contributed by atoms with van der Waals surface area (Å²) in [5, 5.41) is 2.89. The van der Waals surface area contributed by atoms with Gasteiger partial charge in [-0.1, -0.05) is 25.3 Å². The van der Waals surface area contributed by atoms with Gasteiger partial charge >= 0.3 is 0 Å². The van der Waals surface area contributed by atoms with Crippen molar-refractivity contribution in [2.45, 2.75) is 55.8 Å². The number of rotatable bonds is 5. The van der Waals surface area contributed by atoms with E-state index in [1.54, 1.807) is 18.2 Å². The molecule has 0 radical (unpaired) electrons. The minimum absolute atomic E-state index is 0.0346. The molecule has 0 aromatic heterocycles. The lowest BCUT2D eigenvalue weighted by atomic mass is 9.80. The Balaban J connectivity index is 1.19. The standard InChI is InChI=1S/C24H32N2O4S/c1-31(29,30)19-5-6-20-21(13-19)25-24(28)23(20)15-7-9-26(10-8-15)14-22(27)18-11-16-3-2-4-17(16)12-18/h5-6,13,15-18,23H,2-4,7-12,14H2,1H3,(H,25,28). The number of Topliss-reactive ketones (excluding diaryl/α,β-unsaturated/α-hetero) is 1. The summed E-state index contributed by atoms with van der Waals surface area (Å²) in [5.74, 6) is 2.24. The summed E-state index contributed by atoms with van der Waals surface area (Å²) in [4.78, 5) is 28.1. The van der Waals surface area contributed by atoms with Gasteiger partial charge in [0.25, 0.3) is 0 Å². The molecule has 3 fully saturated rings. The monoisotopic (exact) mass is 444 g/mol. The van der Waals surface area contributed by atoms with Crippen molar-refractivity contribution in [2.24, 2.45) is 23.7 Å². The molecule has 168 valence electrons. The first-order valence-electron chi connectivity index (χ1n) is 11.7. The Morgan fingerprint density at radius 2 is 1.74 bits per heavy atom. The first-order chi connectivity index (χ1) is 14.8. The molecule has 4 aliphatic rings. The molecule has 31 heavy (non-hydrogen) atoms. The van der Waals surface area contributed by atoms with Gasteiger partial charge in [-0.25, -0.2) is 8.42 Å². The van der Waals surface area contributed by atoms with Gasteiger partial charge in [0.2, 0.25) is 5.91 Å². The normalized spacial score (nSPS) is 31.5. The van der Waals surface area contributed by atoms with E-state index in [0.29, 0.717) is 18.0 Å². The number of likely N-dealkylation sites (tertiary alicyclic amines) is 1. The number of hydrogen-bond donors (Lipinski definition) is 1. The van der Waals surface area contributed by atoms with E-state index >= 15 is 0 Å². The Kier molecular flexibility index (Phi) is 5.45. The Morgan fingerprint density at radius 1 is 1.06 bits per heavy atom. The second-order valence-corrected chi connectivity index (χ2v) is 12.2. The van der Waals surface area contributed by atoms with Crippen molar-refractivity contribution in [1.29, 1.82) is 0 Å². The summed E-state index contributed by atoms with van der Waals surface area (Å²) in [7, 11) is -3.31. The maximum Gasteiger partial charge on any atom is 0.232 e. The van der Waals surface area contributed by atoms with Crippen molar-refractivity contribution in [1.82, 2.24) is 4.90 Å². The van der Waals surface area contributed by atoms with E-state index in [-0.39, 0.29) is 28.6 Å². The fourth-order valence-electron chi connectivity index (χ4n) is 6.58. The lowest BCUT2D eigenvalue weighted by Gasteiger charge is -2.34. The number of fused-ring (bicyclic) bond motifs is 2. The molecule has 1 aromatic rings. The number of benzene rings is 1. The first kappa shape index (κ1) is 21.1. The van der Waals surface area contributed by atoms with Crippen LogP contribution < -0.4 is 5.32 Å². The number of nitrogens with zero attached hydrogens (tertiary/aromatic N) is 1. The van der Waals surface area contributed by atoms with E-state index in [0.717, 1.165) is 56.2 Å². The van der Waals surface area contributed by atoms with E-state index in [1.165, 1.54) is 25.5 Å². The number of carbonyl (C=O) groups excluding carboxylic acids is 2. The lowest BCUT2D eigenvalue weighted by Crippen LogP contribution is -2.40. The van der Waals surface area contributed by atoms with Crippen LogP contribution in [0.2, 0.25) is 0 Å². The van der Waals surface area contributed by atoms with Crippen LogP contribution in [0, 0.1) is 23.7 Å². The Labute approximate surface area is 184 Å². The number of ketones is 1. The van der Waals surface area contributed by atoms with Crippen LogP contribution in [0.4, 0.5) is 5.69 Å². The van der Waals surface area contributed by atoms with Crippen LogP contribution >= 0.6 is 0 Å². The summed E-state index contributed by atoms with van der Waals surface area (Å²) < 4.78 is 23.7. The van der Waals surface area contributed by atoms with Crippen LogP contribution in [0.3, 0.4) is 0 Å². The van der Waals surface area contributed by atoms with Gasteiger partial charge in [0.1, 0.15) is 5.78 Å².